The zero-order valence-corrected chi connectivity index (χ0v) is 10.7. The molecule has 0 saturated carbocycles. The molecule has 2 rings (SSSR count). The van der Waals surface area contributed by atoms with E-state index in [1.165, 1.54) is 12.1 Å². The summed E-state index contributed by atoms with van der Waals surface area (Å²) >= 11 is 11.7. The summed E-state index contributed by atoms with van der Waals surface area (Å²) < 4.78 is 5.02. The zero-order valence-electron chi connectivity index (χ0n) is 9.20. The first-order chi connectivity index (χ1) is 8.47. The van der Waals surface area contributed by atoms with Gasteiger partial charge in [-0.3, -0.25) is 10.1 Å². The van der Waals surface area contributed by atoms with Gasteiger partial charge in [0.2, 0.25) is 5.89 Å². The molecule has 0 fully saturated rings. The highest BCUT2D eigenvalue weighted by atomic mass is 35.5. The first-order valence-corrected chi connectivity index (χ1v) is 5.59. The molecule has 0 aliphatic heterocycles. The molecule has 8 heteroatoms. The van der Waals surface area contributed by atoms with Crippen LogP contribution in [0.4, 0.5) is 11.7 Å². The number of anilines is 2. The predicted octanol–water partition coefficient (Wildman–Crippen LogP) is 2.52. The molecule has 0 radical (unpaired) electrons. The Kier molecular flexibility index (Phi) is 3.40. The normalized spacial score (nSPS) is 10.4. The van der Waals surface area contributed by atoms with Crippen molar-refractivity contribution in [3.8, 4) is 0 Å². The van der Waals surface area contributed by atoms with E-state index in [0.717, 1.165) is 0 Å². The van der Waals surface area contributed by atoms with Crippen LogP contribution < -0.4 is 11.1 Å². The number of hydrogen-bond donors (Lipinski definition) is 2. The highest BCUT2D eigenvalue weighted by molar-refractivity contribution is 6.39. The van der Waals surface area contributed by atoms with E-state index in [1.54, 1.807) is 6.92 Å². The van der Waals surface area contributed by atoms with Crippen LogP contribution in [0.15, 0.2) is 16.5 Å². The van der Waals surface area contributed by atoms with Crippen molar-refractivity contribution in [2.75, 3.05) is 11.1 Å². The van der Waals surface area contributed by atoms with Gasteiger partial charge in [-0.15, -0.1) is 5.10 Å². The Labute approximate surface area is 112 Å². The summed E-state index contributed by atoms with van der Waals surface area (Å²) in [7, 11) is 0. The van der Waals surface area contributed by atoms with Gasteiger partial charge in [0.25, 0.3) is 5.91 Å². The molecule has 1 heterocycles. The van der Waals surface area contributed by atoms with Crippen molar-refractivity contribution in [3.05, 3.63) is 33.6 Å². The molecule has 0 unspecified atom stereocenters. The minimum Gasteiger partial charge on any atom is -0.408 e. The zero-order chi connectivity index (χ0) is 13.3. The van der Waals surface area contributed by atoms with Gasteiger partial charge in [-0.05, 0) is 12.1 Å². The average molecular weight is 287 g/mol. The van der Waals surface area contributed by atoms with Crippen LogP contribution in [0.3, 0.4) is 0 Å². The molecular weight excluding hydrogens is 279 g/mol. The molecule has 0 aliphatic rings. The molecule has 0 saturated heterocycles. The first-order valence-electron chi connectivity index (χ1n) is 4.83. The quantitative estimate of drug-likeness (QED) is 0.828. The van der Waals surface area contributed by atoms with Crippen LogP contribution in [0.25, 0.3) is 0 Å². The predicted molar refractivity (Wildman–Crippen MR) is 67.9 cm³/mol. The van der Waals surface area contributed by atoms with Gasteiger partial charge in [0.15, 0.2) is 0 Å². The van der Waals surface area contributed by atoms with E-state index in [-0.39, 0.29) is 27.3 Å². The number of benzene rings is 1. The lowest BCUT2D eigenvalue weighted by atomic mass is 10.2. The Bertz CT molecular complexity index is 589. The number of aryl methyl sites for hydroxylation is 1. The van der Waals surface area contributed by atoms with Crippen molar-refractivity contribution in [3.63, 3.8) is 0 Å². The molecule has 1 aromatic heterocycles. The fourth-order valence-corrected chi connectivity index (χ4v) is 1.72. The third-order valence-corrected chi connectivity index (χ3v) is 2.71. The van der Waals surface area contributed by atoms with Crippen LogP contribution in [0, 0.1) is 6.92 Å². The summed E-state index contributed by atoms with van der Waals surface area (Å²) in [6.45, 7) is 1.61. The van der Waals surface area contributed by atoms with Gasteiger partial charge in [0.05, 0.1) is 15.7 Å². The average Bonchev–Trinajstić information content (AvgIpc) is 2.71. The highest BCUT2D eigenvalue weighted by Crippen LogP contribution is 2.29. The molecule has 1 amide bonds. The number of nitrogen functional groups attached to an aromatic ring is 1. The Morgan fingerprint density at radius 3 is 2.44 bits per heavy atom. The standard InChI is InChI=1S/C10H8Cl2N4O2/c1-4-15-16-10(18-4)14-9(17)5-2-6(11)8(13)7(12)3-5/h2-3H,13H2,1H3,(H,14,16,17). The molecule has 1 aromatic carbocycles. The molecule has 2 aromatic rings. The van der Waals surface area contributed by atoms with Gasteiger partial charge in [0.1, 0.15) is 0 Å². The molecule has 0 bridgehead atoms. The SMILES string of the molecule is Cc1nnc(NC(=O)c2cc(Cl)c(N)c(Cl)c2)o1. The van der Waals surface area contributed by atoms with Gasteiger partial charge in [0, 0.05) is 12.5 Å². The van der Waals surface area contributed by atoms with Crippen LogP contribution >= 0.6 is 23.2 Å². The summed E-state index contributed by atoms with van der Waals surface area (Å²) in [5.74, 6) is -0.124. The molecule has 3 N–H and O–H groups in total. The molecule has 0 atom stereocenters. The number of carbonyl (C=O) groups excluding carboxylic acids is 1. The van der Waals surface area contributed by atoms with Crippen molar-refractivity contribution in [1.82, 2.24) is 10.2 Å². The van der Waals surface area contributed by atoms with Crippen molar-refractivity contribution >= 4 is 40.8 Å². The fraction of sp³-hybridized carbons (Fsp3) is 0.100. The lowest BCUT2D eigenvalue weighted by molar-refractivity contribution is 0.102. The van der Waals surface area contributed by atoms with Crippen LogP contribution in [0.5, 0.6) is 0 Å². The van der Waals surface area contributed by atoms with Gasteiger partial charge in [-0.1, -0.05) is 28.3 Å². The third-order valence-electron chi connectivity index (χ3n) is 2.09. The van der Waals surface area contributed by atoms with Gasteiger partial charge in [-0.2, -0.15) is 0 Å². The topological polar surface area (TPSA) is 94.0 Å². The van der Waals surface area contributed by atoms with E-state index < -0.39 is 5.91 Å². The Morgan fingerprint density at radius 1 is 1.33 bits per heavy atom. The van der Waals surface area contributed by atoms with E-state index in [2.05, 4.69) is 15.5 Å². The summed E-state index contributed by atoms with van der Waals surface area (Å²) in [6.07, 6.45) is 0. The Hall–Kier alpha value is -1.79. The number of amides is 1. The van der Waals surface area contributed by atoms with E-state index in [0.29, 0.717) is 5.89 Å². The highest BCUT2D eigenvalue weighted by Gasteiger charge is 2.13. The number of nitrogens with one attached hydrogen (secondary N) is 1. The van der Waals surface area contributed by atoms with E-state index in [1.807, 2.05) is 0 Å². The maximum absolute atomic E-state index is 11.8. The number of nitrogens with two attached hydrogens (primary N) is 1. The minimum atomic E-state index is -0.470. The second kappa shape index (κ2) is 4.83. The summed E-state index contributed by atoms with van der Waals surface area (Å²) in [4.78, 5) is 11.8. The van der Waals surface area contributed by atoms with Crippen molar-refractivity contribution in [2.24, 2.45) is 0 Å². The lowest BCUT2D eigenvalue weighted by Gasteiger charge is -2.05. The fourth-order valence-electron chi connectivity index (χ4n) is 1.23. The molecule has 0 aliphatic carbocycles. The van der Waals surface area contributed by atoms with Gasteiger partial charge in [-0.25, -0.2) is 0 Å². The van der Waals surface area contributed by atoms with Crippen molar-refractivity contribution in [2.45, 2.75) is 6.92 Å². The third kappa shape index (κ3) is 2.55. The minimum absolute atomic E-state index is 0.00145. The number of halogens is 2. The maximum Gasteiger partial charge on any atom is 0.322 e. The molecule has 94 valence electrons. The van der Waals surface area contributed by atoms with Crippen LogP contribution in [-0.4, -0.2) is 16.1 Å². The van der Waals surface area contributed by atoms with Crippen molar-refractivity contribution < 1.29 is 9.21 Å². The number of nitrogens with zero attached hydrogens (tertiary/aromatic N) is 2. The van der Waals surface area contributed by atoms with Crippen LogP contribution in [-0.2, 0) is 0 Å². The number of aromatic nitrogens is 2. The number of rotatable bonds is 2. The maximum atomic E-state index is 11.8. The molecular formula is C10H8Cl2N4O2. The Morgan fingerprint density at radius 2 is 1.94 bits per heavy atom. The van der Waals surface area contributed by atoms with E-state index in [9.17, 15) is 4.79 Å². The smallest absolute Gasteiger partial charge is 0.322 e. The van der Waals surface area contributed by atoms with E-state index >= 15 is 0 Å². The summed E-state index contributed by atoms with van der Waals surface area (Å²) in [5, 5.41) is 10.0. The molecule has 18 heavy (non-hydrogen) atoms. The first kappa shape index (κ1) is 12.7. The second-order valence-electron chi connectivity index (χ2n) is 3.43. The van der Waals surface area contributed by atoms with Gasteiger partial charge < -0.3 is 10.2 Å². The van der Waals surface area contributed by atoms with E-state index in [4.69, 9.17) is 33.4 Å². The monoisotopic (exact) mass is 286 g/mol. The van der Waals surface area contributed by atoms with Crippen molar-refractivity contribution in [1.29, 1.82) is 0 Å². The number of carbonyl (C=O) groups is 1. The summed E-state index contributed by atoms with van der Waals surface area (Å²) in [5.41, 5.74) is 6.04. The van der Waals surface area contributed by atoms with Crippen LogP contribution in [0.2, 0.25) is 10.0 Å². The molecule has 6 nitrogen and oxygen atoms in total. The lowest BCUT2D eigenvalue weighted by Crippen LogP contribution is -2.12. The summed E-state index contributed by atoms with van der Waals surface area (Å²) in [6, 6.07) is 2.81. The largest absolute Gasteiger partial charge is 0.408 e. The second-order valence-corrected chi connectivity index (χ2v) is 4.25. The van der Waals surface area contributed by atoms with Gasteiger partial charge >= 0.3 is 6.01 Å². The molecule has 0 spiro atoms. The van der Waals surface area contributed by atoms with Crippen LogP contribution in [0.1, 0.15) is 16.2 Å². The Balaban J connectivity index is 2.24. The number of hydrogen-bond acceptors (Lipinski definition) is 5.